The molecule has 0 atom stereocenters. The van der Waals surface area contributed by atoms with Crippen LogP contribution in [0.4, 0.5) is 0 Å². The second kappa shape index (κ2) is 9.06. The van der Waals surface area contributed by atoms with Gasteiger partial charge in [0.25, 0.3) is 0 Å². The lowest BCUT2D eigenvalue weighted by atomic mass is 9.80. The molecule has 5 heteroatoms. The monoisotopic (exact) mass is 370 g/mol. The zero-order valence-electron chi connectivity index (χ0n) is 15.5. The molecule has 3 nitrogen and oxygen atoms in total. The fourth-order valence-electron chi connectivity index (χ4n) is 2.29. The molecule has 0 heterocycles. The van der Waals surface area contributed by atoms with E-state index in [2.05, 4.69) is 28.3 Å². The van der Waals surface area contributed by atoms with Gasteiger partial charge in [-0.25, -0.2) is 0 Å². The standard InChI is InChI=1S/C21H24BClO3/c1-4-5-6-18-19(23)11-16(12-20(18)24)15-7-9-17(10-8-15)26-25-14-21(2,3)13-22/h4-10,12H,1,11,13-14,22H2,2-3H3/b6-5-. The summed E-state index contributed by atoms with van der Waals surface area (Å²) in [7, 11) is 2.12. The van der Waals surface area contributed by atoms with E-state index in [-0.39, 0.29) is 11.2 Å². The number of carbonyl (C=O) groups excluding carboxylic acids is 1. The molecule has 0 fully saturated rings. The summed E-state index contributed by atoms with van der Waals surface area (Å²) in [5, 5.41) is 0.538. The molecule has 1 aliphatic rings. The summed E-state index contributed by atoms with van der Waals surface area (Å²) in [6.45, 7) is 8.38. The van der Waals surface area contributed by atoms with Crippen LogP contribution in [-0.4, -0.2) is 20.2 Å². The summed E-state index contributed by atoms with van der Waals surface area (Å²) in [5.74, 6) is 0.527. The third-order valence-corrected chi connectivity index (χ3v) is 4.73. The molecular formula is C21H24BClO3. The molecule has 1 aromatic carbocycles. The van der Waals surface area contributed by atoms with Gasteiger partial charge in [0.15, 0.2) is 11.5 Å². The first-order chi connectivity index (χ1) is 12.4. The van der Waals surface area contributed by atoms with E-state index in [9.17, 15) is 4.79 Å². The van der Waals surface area contributed by atoms with Crippen molar-refractivity contribution in [2.45, 2.75) is 26.6 Å². The Morgan fingerprint density at radius 1 is 1.31 bits per heavy atom. The second-order valence-electron chi connectivity index (χ2n) is 7.01. The number of hydrogen-bond acceptors (Lipinski definition) is 3. The summed E-state index contributed by atoms with van der Waals surface area (Å²) in [6, 6.07) is 7.45. The van der Waals surface area contributed by atoms with Crippen molar-refractivity contribution < 1.29 is 14.6 Å². The first-order valence-corrected chi connectivity index (χ1v) is 9.06. The van der Waals surface area contributed by atoms with Crippen molar-refractivity contribution in [2.75, 3.05) is 6.61 Å². The van der Waals surface area contributed by atoms with Crippen LogP contribution in [0.5, 0.6) is 5.75 Å². The van der Waals surface area contributed by atoms with Crippen LogP contribution in [0.3, 0.4) is 0 Å². The fraction of sp³-hybridized carbons (Fsp3) is 0.286. The predicted molar refractivity (Wildman–Crippen MR) is 110 cm³/mol. The molecule has 0 bridgehead atoms. The Hall–Kier alpha value is -2.04. The molecule has 0 spiro atoms. The molecule has 0 unspecified atom stereocenters. The average Bonchev–Trinajstić information content (AvgIpc) is 2.61. The van der Waals surface area contributed by atoms with Crippen LogP contribution in [-0.2, 0) is 9.68 Å². The highest BCUT2D eigenvalue weighted by atomic mass is 35.5. The Balaban J connectivity index is 2.02. The maximum atomic E-state index is 12.3. The van der Waals surface area contributed by atoms with E-state index in [1.165, 1.54) is 0 Å². The Morgan fingerprint density at radius 2 is 2.00 bits per heavy atom. The van der Waals surface area contributed by atoms with Gasteiger partial charge >= 0.3 is 0 Å². The van der Waals surface area contributed by atoms with Crippen molar-refractivity contribution in [2.24, 2.45) is 5.41 Å². The maximum absolute atomic E-state index is 12.3. The molecule has 0 amide bonds. The SMILES string of the molecule is BCC(C)(C)COOc1ccc(C2=CC(=O)C(/C=C\C=C)=C(Cl)C2)cc1. The largest absolute Gasteiger partial charge is 0.338 e. The summed E-state index contributed by atoms with van der Waals surface area (Å²) in [4.78, 5) is 23.0. The normalized spacial score (nSPS) is 15.3. The topological polar surface area (TPSA) is 35.5 Å². The Morgan fingerprint density at radius 3 is 2.58 bits per heavy atom. The lowest BCUT2D eigenvalue weighted by Gasteiger charge is -2.21. The van der Waals surface area contributed by atoms with Gasteiger partial charge in [-0.05, 0) is 40.8 Å². The molecule has 2 rings (SSSR count). The predicted octanol–water partition coefficient (Wildman–Crippen LogP) is 4.67. The minimum Gasteiger partial charge on any atom is -0.338 e. The van der Waals surface area contributed by atoms with Gasteiger partial charge in [0.05, 0.1) is 6.61 Å². The van der Waals surface area contributed by atoms with Gasteiger partial charge in [0, 0.05) is 17.0 Å². The number of carbonyl (C=O) groups is 1. The van der Waals surface area contributed by atoms with Gasteiger partial charge in [-0.1, -0.05) is 62.6 Å². The van der Waals surface area contributed by atoms with Gasteiger partial charge in [-0.15, -0.1) is 0 Å². The van der Waals surface area contributed by atoms with Crippen LogP contribution in [0.2, 0.25) is 6.32 Å². The summed E-state index contributed by atoms with van der Waals surface area (Å²) < 4.78 is 0. The molecule has 0 N–H and O–H groups in total. The molecule has 1 aliphatic carbocycles. The fourth-order valence-corrected chi connectivity index (χ4v) is 2.59. The molecule has 0 saturated carbocycles. The highest BCUT2D eigenvalue weighted by molar-refractivity contribution is 6.35. The van der Waals surface area contributed by atoms with Gasteiger partial charge in [0.2, 0.25) is 0 Å². The number of rotatable bonds is 8. The van der Waals surface area contributed by atoms with Crippen molar-refractivity contribution in [1.82, 2.24) is 0 Å². The number of hydrogen-bond donors (Lipinski definition) is 0. The van der Waals surface area contributed by atoms with Gasteiger partial charge in [0.1, 0.15) is 7.85 Å². The number of benzene rings is 1. The van der Waals surface area contributed by atoms with Crippen LogP contribution in [0, 0.1) is 5.41 Å². The molecule has 0 radical (unpaired) electrons. The Kier molecular flexibility index (Phi) is 7.07. The van der Waals surface area contributed by atoms with Crippen LogP contribution < -0.4 is 4.89 Å². The minimum absolute atomic E-state index is 0.0774. The number of ketones is 1. The van der Waals surface area contributed by atoms with E-state index in [1.807, 2.05) is 24.3 Å². The summed E-state index contributed by atoms with van der Waals surface area (Å²) in [5.41, 5.74) is 2.41. The quantitative estimate of drug-likeness (QED) is 0.289. The van der Waals surface area contributed by atoms with Crippen LogP contribution in [0.25, 0.3) is 5.57 Å². The summed E-state index contributed by atoms with van der Waals surface area (Å²) >= 11 is 6.30. The maximum Gasteiger partial charge on any atom is 0.187 e. The Bertz CT molecular complexity index is 758. The van der Waals surface area contributed by atoms with E-state index in [0.29, 0.717) is 29.4 Å². The van der Waals surface area contributed by atoms with E-state index in [4.69, 9.17) is 21.4 Å². The van der Waals surface area contributed by atoms with Crippen LogP contribution >= 0.6 is 11.6 Å². The molecule has 0 aliphatic heterocycles. The highest BCUT2D eigenvalue weighted by Crippen LogP contribution is 2.33. The van der Waals surface area contributed by atoms with Crippen molar-refractivity contribution in [3.63, 3.8) is 0 Å². The highest BCUT2D eigenvalue weighted by Gasteiger charge is 2.19. The molecule has 0 saturated heterocycles. The number of allylic oxidation sites excluding steroid dienone is 7. The van der Waals surface area contributed by atoms with Crippen molar-refractivity contribution in [1.29, 1.82) is 0 Å². The van der Waals surface area contributed by atoms with Gasteiger partial charge < -0.3 is 4.89 Å². The third-order valence-electron chi connectivity index (χ3n) is 4.39. The van der Waals surface area contributed by atoms with Crippen LogP contribution in [0.15, 0.2) is 65.8 Å². The lowest BCUT2D eigenvalue weighted by molar-refractivity contribution is -0.224. The van der Waals surface area contributed by atoms with E-state index in [0.717, 1.165) is 17.5 Å². The van der Waals surface area contributed by atoms with E-state index < -0.39 is 0 Å². The van der Waals surface area contributed by atoms with E-state index >= 15 is 0 Å². The van der Waals surface area contributed by atoms with E-state index in [1.54, 1.807) is 24.3 Å². The van der Waals surface area contributed by atoms with Gasteiger partial charge in [-0.2, -0.15) is 4.89 Å². The third kappa shape index (κ3) is 5.48. The average molecular weight is 371 g/mol. The lowest BCUT2D eigenvalue weighted by Crippen LogP contribution is -2.19. The summed E-state index contributed by atoms with van der Waals surface area (Å²) in [6.07, 6.45) is 8.18. The van der Waals surface area contributed by atoms with Gasteiger partial charge in [-0.3, -0.25) is 4.79 Å². The van der Waals surface area contributed by atoms with Crippen molar-refractivity contribution in [3.05, 3.63) is 71.3 Å². The zero-order chi connectivity index (χ0) is 19.2. The number of halogens is 1. The molecule has 1 aromatic rings. The molecule has 0 aromatic heterocycles. The molecular weight excluding hydrogens is 346 g/mol. The van der Waals surface area contributed by atoms with Crippen molar-refractivity contribution >= 4 is 30.8 Å². The van der Waals surface area contributed by atoms with Crippen LogP contribution in [0.1, 0.15) is 25.8 Å². The smallest absolute Gasteiger partial charge is 0.187 e. The minimum atomic E-state index is -0.0974. The second-order valence-corrected chi connectivity index (χ2v) is 7.47. The van der Waals surface area contributed by atoms with Crippen molar-refractivity contribution in [3.8, 4) is 5.75 Å². The molecule has 26 heavy (non-hydrogen) atoms. The Labute approximate surface area is 161 Å². The first kappa shape index (κ1) is 20.3. The molecule has 136 valence electrons. The first-order valence-electron chi connectivity index (χ1n) is 8.69. The zero-order valence-corrected chi connectivity index (χ0v) is 16.3.